The lowest BCUT2D eigenvalue weighted by Crippen LogP contribution is -2.28. The van der Waals surface area contributed by atoms with Crippen molar-refractivity contribution in [2.45, 2.75) is 39.2 Å². The van der Waals surface area contributed by atoms with Gasteiger partial charge in [0.05, 0.1) is 0 Å². The summed E-state index contributed by atoms with van der Waals surface area (Å²) in [7, 11) is 0. The highest BCUT2D eigenvalue weighted by Gasteiger charge is 1.99. The zero-order valence-corrected chi connectivity index (χ0v) is 6.89. The minimum atomic E-state index is 0.597. The second kappa shape index (κ2) is 6.75. The first kappa shape index (κ1) is 9.63. The van der Waals surface area contributed by atoms with Crippen molar-refractivity contribution in [1.82, 2.24) is 5.32 Å². The number of rotatable bonds is 6. The van der Waals surface area contributed by atoms with Crippen LogP contribution >= 0.6 is 0 Å². The van der Waals surface area contributed by atoms with E-state index in [1.807, 2.05) is 0 Å². The third kappa shape index (κ3) is 4.50. The summed E-state index contributed by atoms with van der Waals surface area (Å²) >= 11 is 0. The van der Waals surface area contributed by atoms with Gasteiger partial charge in [0, 0.05) is 19.0 Å². The van der Waals surface area contributed by atoms with Gasteiger partial charge in [-0.15, -0.1) is 0 Å². The second-order valence-corrected chi connectivity index (χ2v) is 2.42. The van der Waals surface area contributed by atoms with E-state index < -0.39 is 0 Å². The van der Waals surface area contributed by atoms with Crippen molar-refractivity contribution in [1.29, 1.82) is 0 Å². The highest BCUT2D eigenvalue weighted by molar-refractivity contribution is 5.49. The van der Waals surface area contributed by atoms with Gasteiger partial charge in [0.15, 0.2) is 0 Å². The van der Waals surface area contributed by atoms with Gasteiger partial charge >= 0.3 is 0 Å². The van der Waals surface area contributed by atoms with Crippen LogP contribution in [0.3, 0.4) is 0 Å². The van der Waals surface area contributed by atoms with Crippen molar-refractivity contribution in [2.24, 2.45) is 0 Å². The summed E-state index contributed by atoms with van der Waals surface area (Å²) in [6.07, 6.45) is 3.89. The highest BCUT2D eigenvalue weighted by atomic mass is 16.1. The molecule has 0 spiro atoms. The van der Waals surface area contributed by atoms with E-state index in [1.54, 1.807) is 0 Å². The number of aldehydes is 1. The molecular weight excluding hydrogens is 126 g/mol. The number of carbonyl (C=O) groups is 1. The molecule has 60 valence electrons. The summed E-state index contributed by atoms with van der Waals surface area (Å²) in [5.41, 5.74) is 0. The molecule has 0 saturated heterocycles. The first-order valence-corrected chi connectivity index (χ1v) is 4.02. The van der Waals surface area contributed by atoms with Crippen LogP contribution in [-0.2, 0) is 4.79 Å². The molecule has 0 aromatic rings. The zero-order chi connectivity index (χ0) is 7.82. The van der Waals surface area contributed by atoms with Crippen molar-refractivity contribution in [3.63, 3.8) is 0 Å². The topological polar surface area (TPSA) is 29.1 Å². The SMILES string of the molecule is CCC(CC)NCCC=O. The molecule has 0 unspecified atom stereocenters. The van der Waals surface area contributed by atoms with Crippen LogP contribution in [0.2, 0.25) is 0 Å². The zero-order valence-electron chi connectivity index (χ0n) is 6.89. The molecule has 0 atom stereocenters. The Labute approximate surface area is 63.0 Å². The molecule has 0 aromatic carbocycles. The monoisotopic (exact) mass is 143 g/mol. The summed E-state index contributed by atoms with van der Waals surface area (Å²) in [5.74, 6) is 0. The first-order chi connectivity index (χ1) is 4.85. The Hall–Kier alpha value is -0.370. The fourth-order valence-corrected chi connectivity index (χ4v) is 0.924. The van der Waals surface area contributed by atoms with Gasteiger partial charge in [-0.2, -0.15) is 0 Å². The molecule has 2 heteroatoms. The molecule has 2 nitrogen and oxygen atoms in total. The summed E-state index contributed by atoms with van der Waals surface area (Å²) in [6.45, 7) is 5.14. The Morgan fingerprint density at radius 3 is 2.40 bits per heavy atom. The van der Waals surface area contributed by atoms with Gasteiger partial charge in [-0.25, -0.2) is 0 Å². The molecule has 0 rings (SSSR count). The van der Waals surface area contributed by atoms with Crippen LogP contribution in [0, 0.1) is 0 Å². The fraction of sp³-hybridized carbons (Fsp3) is 0.875. The lowest BCUT2D eigenvalue weighted by atomic mass is 10.2. The van der Waals surface area contributed by atoms with E-state index in [1.165, 1.54) is 0 Å². The quantitative estimate of drug-likeness (QED) is 0.449. The first-order valence-electron chi connectivity index (χ1n) is 4.02. The predicted molar refractivity (Wildman–Crippen MR) is 43.1 cm³/mol. The van der Waals surface area contributed by atoms with Crippen molar-refractivity contribution < 1.29 is 4.79 Å². The van der Waals surface area contributed by atoms with Gasteiger partial charge < -0.3 is 10.1 Å². The van der Waals surface area contributed by atoms with E-state index >= 15 is 0 Å². The van der Waals surface area contributed by atoms with E-state index in [9.17, 15) is 4.79 Å². The van der Waals surface area contributed by atoms with Gasteiger partial charge in [-0.1, -0.05) is 13.8 Å². The number of nitrogens with one attached hydrogen (secondary N) is 1. The smallest absolute Gasteiger partial charge is 0.121 e. The molecule has 0 aromatic heterocycles. The normalized spacial score (nSPS) is 10.3. The summed E-state index contributed by atoms with van der Waals surface area (Å²) in [4.78, 5) is 9.92. The number of hydrogen-bond acceptors (Lipinski definition) is 2. The summed E-state index contributed by atoms with van der Waals surface area (Å²) in [6, 6.07) is 0.597. The maximum Gasteiger partial charge on any atom is 0.121 e. The van der Waals surface area contributed by atoms with Crippen LogP contribution in [0.25, 0.3) is 0 Å². The minimum Gasteiger partial charge on any atom is -0.314 e. The average molecular weight is 143 g/mol. The Bertz CT molecular complexity index is 79.3. The lowest BCUT2D eigenvalue weighted by Gasteiger charge is -2.12. The Morgan fingerprint density at radius 2 is 2.00 bits per heavy atom. The van der Waals surface area contributed by atoms with Crippen LogP contribution in [0.1, 0.15) is 33.1 Å². The third-order valence-electron chi connectivity index (χ3n) is 1.68. The Morgan fingerprint density at radius 1 is 1.40 bits per heavy atom. The molecule has 0 bridgehead atoms. The summed E-state index contributed by atoms with van der Waals surface area (Å²) < 4.78 is 0. The highest BCUT2D eigenvalue weighted by Crippen LogP contribution is 1.94. The van der Waals surface area contributed by atoms with Gasteiger partial charge in [0.2, 0.25) is 0 Å². The van der Waals surface area contributed by atoms with Crippen LogP contribution in [0.15, 0.2) is 0 Å². The molecule has 0 heterocycles. The number of carbonyl (C=O) groups excluding carboxylic acids is 1. The molecular formula is C8H17NO. The number of hydrogen-bond donors (Lipinski definition) is 1. The molecule has 0 saturated carbocycles. The molecule has 0 aliphatic heterocycles. The van der Waals surface area contributed by atoms with Crippen LogP contribution < -0.4 is 5.32 Å². The second-order valence-electron chi connectivity index (χ2n) is 2.42. The van der Waals surface area contributed by atoms with E-state index in [2.05, 4.69) is 19.2 Å². The Kier molecular flexibility index (Phi) is 6.50. The average Bonchev–Trinajstić information content (AvgIpc) is 1.99. The van der Waals surface area contributed by atoms with Crippen molar-refractivity contribution in [3.8, 4) is 0 Å². The molecule has 0 fully saturated rings. The maximum absolute atomic E-state index is 9.92. The molecule has 0 radical (unpaired) electrons. The van der Waals surface area contributed by atoms with Gasteiger partial charge in [0.1, 0.15) is 6.29 Å². The van der Waals surface area contributed by atoms with Gasteiger partial charge in [0.25, 0.3) is 0 Å². The van der Waals surface area contributed by atoms with Crippen molar-refractivity contribution in [3.05, 3.63) is 0 Å². The van der Waals surface area contributed by atoms with E-state index in [0.717, 1.165) is 25.7 Å². The molecule has 0 aliphatic carbocycles. The van der Waals surface area contributed by atoms with Crippen LogP contribution in [-0.4, -0.2) is 18.9 Å². The maximum atomic E-state index is 9.92. The van der Waals surface area contributed by atoms with E-state index in [4.69, 9.17) is 0 Å². The molecule has 0 aliphatic rings. The van der Waals surface area contributed by atoms with Gasteiger partial charge in [-0.3, -0.25) is 0 Å². The standard InChI is InChI=1S/C8H17NO/c1-3-8(4-2)9-6-5-7-10/h7-9H,3-6H2,1-2H3. The third-order valence-corrected chi connectivity index (χ3v) is 1.68. The van der Waals surface area contributed by atoms with Crippen molar-refractivity contribution >= 4 is 6.29 Å². The fourth-order valence-electron chi connectivity index (χ4n) is 0.924. The minimum absolute atomic E-state index is 0.597. The lowest BCUT2D eigenvalue weighted by molar-refractivity contribution is -0.107. The summed E-state index contributed by atoms with van der Waals surface area (Å²) in [5, 5.41) is 3.29. The molecule has 0 amide bonds. The largest absolute Gasteiger partial charge is 0.314 e. The van der Waals surface area contributed by atoms with Crippen LogP contribution in [0.5, 0.6) is 0 Å². The predicted octanol–water partition coefficient (Wildman–Crippen LogP) is 1.35. The molecule has 1 N–H and O–H groups in total. The Balaban J connectivity index is 3.16. The van der Waals surface area contributed by atoms with E-state index in [-0.39, 0.29) is 0 Å². The van der Waals surface area contributed by atoms with E-state index in [0.29, 0.717) is 12.5 Å². The molecule has 10 heavy (non-hydrogen) atoms. The van der Waals surface area contributed by atoms with Crippen LogP contribution in [0.4, 0.5) is 0 Å². The van der Waals surface area contributed by atoms with Crippen molar-refractivity contribution in [2.75, 3.05) is 6.54 Å². The van der Waals surface area contributed by atoms with Gasteiger partial charge in [-0.05, 0) is 12.8 Å².